The van der Waals surface area contributed by atoms with Crippen molar-refractivity contribution in [2.45, 2.75) is 90.9 Å². The molecular weight excluding hydrogens is 793 g/mol. The van der Waals surface area contributed by atoms with E-state index in [-0.39, 0.29) is 59.5 Å². The summed E-state index contributed by atoms with van der Waals surface area (Å²) in [7, 11) is 0. The number of cyclic esters (lactones) is 1. The second-order valence-corrected chi connectivity index (χ2v) is 16.8. The number of hydrogen-bond donors (Lipinski definition) is 4. The van der Waals surface area contributed by atoms with Gasteiger partial charge >= 0.3 is 17.8 Å². The highest BCUT2D eigenvalue weighted by atomic mass is 16.6. The highest BCUT2D eigenvalue weighted by Crippen LogP contribution is 2.41. The summed E-state index contributed by atoms with van der Waals surface area (Å²) in [6.45, 7) is 8.80. The Balaban J connectivity index is 0.839. The van der Waals surface area contributed by atoms with E-state index >= 15 is 0 Å². The van der Waals surface area contributed by atoms with Gasteiger partial charge in [0.15, 0.2) is 11.4 Å². The molecule has 0 saturated carbocycles. The number of hydrogen-bond acceptors (Lipinski definition) is 11. The summed E-state index contributed by atoms with van der Waals surface area (Å²) in [4.78, 5) is 59.3. The van der Waals surface area contributed by atoms with Gasteiger partial charge < -0.3 is 34.3 Å². The van der Waals surface area contributed by atoms with E-state index in [0.717, 1.165) is 47.8 Å². The van der Waals surface area contributed by atoms with E-state index < -0.39 is 23.4 Å². The number of phenolic OH excluding ortho intramolecular Hbond substituents is 2. The number of carbonyl (C=O) groups excluding carboxylic acids is 2. The van der Waals surface area contributed by atoms with Crippen molar-refractivity contribution in [2.24, 2.45) is 5.92 Å². The number of aliphatic hydroxyl groups is 1. The number of aryl methyl sites for hydroxylation is 2. The molecule has 6 heterocycles. The molecular formula is C47H48N6O9. The van der Waals surface area contributed by atoms with Crippen molar-refractivity contribution in [1.82, 2.24) is 29.2 Å². The second kappa shape index (κ2) is 15.6. The third-order valence-corrected chi connectivity index (χ3v) is 12.9. The normalized spacial score (nSPS) is 17.3. The molecule has 1 atom stereocenters. The number of carbonyl (C=O) groups is 2. The first-order valence-electron chi connectivity index (χ1n) is 21.2. The number of likely N-dealkylation sites (tertiary alicyclic amines) is 1. The van der Waals surface area contributed by atoms with Crippen LogP contribution in [0.25, 0.3) is 39.4 Å². The summed E-state index contributed by atoms with van der Waals surface area (Å²) in [6.07, 6.45) is 3.72. The van der Waals surface area contributed by atoms with Crippen LogP contribution in [0.5, 0.6) is 17.2 Å². The van der Waals surface area contributed by atoms with Gasteiger partial charge in [0, 0.05) is 35.7 Å². The minimum Gasteiger partial charge on any atom is -0.508 e. The monoisotopic (exact) mass is 840 g/mol. The Morgan fingerprint density at radius 3 is 2.45 bits per heavy atom. The molecule has 4 N–H and O–H groups in total. The molecule has 1 fully saturated rings. The van der Waals surface area contributed by atoms with Gasteiger partial charge in [0.2, 0.25) is 0 Å². The number of benzene rings is 3. The molecule has 3 aliphatic rings. The number of nitrogens with one attached hydrogen (secondary N) is 1. The lowest BCUT2D eigenvalue weighted by Gasteiger charge is -2.31. The van der Waals surface area contributed by atoms with Gasteiger partial charge in [-0.05, 0) is 110 Å². The van der Waals surface area contributed by atoms with Crippen LogP contribution in [0, 0.1) is 5.92 Å². The molecule has 3 aliphatic heterocycles. The number of rotatable bonds is 9. The predicted molar refractivity (Wildman–Crippen MR) is 230 cm³/mol. The van der Waals surface area contributed by atoms with Crippen molar-refractivity contribution in [2.75, 3.05) is 13.1 Å². The number of H-pyrrole nitrogens is 1. The molecule has 1 amide bonds. The highest BCUT2D eigenvalue weighted by molar-refractivity contribution is 5.90. The van der Waals surface area contributed by atoms with E-state index in [1.165, 1.54) is 10.6 Å². The van der Waals surface area contributed by atoms with Crippen LogP contribution < -0.4 is 16.0 Å². The Morgan fingerprint density at radius 2 is 1.74 bits per heavy atom. The van der Waals surface area contributed by atoms with Gasteiger partial charge in [-0.1, -0.05) is 39.8 Å². The Bertz CT molecular complexity index is 2910. The molecule has 320 valence electrons. The zero-order valence-corrected chi connectivity index (χ0v) is 35.0. The molecule has 15 nitrogen and oxygen atoms in total. The number of phenols is 2. The van der Waals surface area contributed by atoms with Crippen molar-refractivity contribution < 1.29 is 34.4 Å². The molecule has 3 aromatic carbocycles. The fourth-order valence-electron chi connectivity index (χ4n) is 9.31. The van der Waals surface area contributed by atoms with Crippen LogP contribution in [0.4, 0.5) is 4.79 Å². The van der Waals surface area contributed by atoms with Gasteiger partial charge in [0.1, 0.15) is 23.9 Å². The number of pyridine rings is 2. The maximum Gasteiger partial charge on any atom is 0.415 e. The number of aromatic amines is 1. The molecule has 0 bridgehead atoms. The number of nitrogens with zero attached hydrogens (tertiary/aromatic N) is 5. The van der Waals surface area contributed by atoms with Crippen molar-refractivity contribution in [3.05, 3.63) is 115 Å². The maximum absolute atomic E-state index is 13.7. The Kier molecular flexibility index (Phi) is 10.2. The molecule has 0 unspecified atom stereocenters. The van der Waals surface area contributed by atoms with E-state index in [0.29, 0.717) is 64.9 Å². The first-order chi connectivity index (χ1) is 29.8. The molecule has 0 aliphatic carbocycles. The van der Waals surface area contributed by atoms with Gasteiger partial charge in [-0.25, -0.2) is 29.0 Å². The predicted octanol–water partition coefficient (Wildman–Crippen LogP) is 6.56. The number of esters is 1. The van der Waals surface area contributed by atoms with Crippen molar-refractivity contribution in [3.63, 3.8) is 0 Å². The van der Waals surface area contributed by atoms with Crippen LogP contribution >= 0.6 is 0 Å². The van der Waals surface area contributed by atoms with Crippen LogP contribution in [0.15, 0.2) is 70.3 Å². The topological polar surface area (TPSA) is 202 Å². The quantitative estimate of drug-likeness (QED) is 0.115. The summed E-state index contributed by atoms with van der Waals surface area (Å²) < 4.78 is 14.2. The van der Waals surface area contributed by atoms with Gasteiger partial charge in [-0.15, -0.1) is 0 Å². The molecule has 3 aromatic heterocycles. The van der Waals surface area contributed by atoms with Crippen molar-refractivity contribution in [1.29, 1.82) is 0 Å². The highest BCUT2D eigenvalue weighted by Gasteiger charge is 2.45. The van der Waals surface area contributed by atoms with Crippen LogP contribution in [-0.2, 0) is 41.1 Å². The number of piperidine rings is 1. The minimum absolute atomic E-state index is 0.0116. The third kappa shape index (κ3) is 6.80. The zero-order valence-electron chi connectivity index (χ0n) is 35.0. The first kappa shape index (κ1) is 40.7. The van der Waals surface area contributed by atoms with E-state index in [1.54, 1.807) is 34.6 Å². The Hall–Kier alpha value is -6.74. The van der Waals surface area contributed by atoms with Crippen LogP contribution in [0.3, 0.4) is 0 Å². The fraction of sp³-hybridized carbons (Fsp3) is 0.362. The summed E-state index contributed by atoms with van der Waals surface area (Å²) in [5.41, 5.74) is 4.25. The Morgan fingerprint density at radius 1 is 0.984 bits per heavy atom. The van der Waals surface area contributed by atoms with Gasteiger partial charge in [0.05, 0.1) is 40.3 Å². The Labute approximate surface area is 356 Å². The van der Waals surface area contributed by atoms with Crippen LogP contribution in [0.2, 0.25) is 0 Å². The number of aromatic nitrogens is 5. The lowest BCUT2D eigenvalue weighted by atomic mass is 9.86. The summed E-state index contributed by atoms with van der Waals surface area (Å²) >= 11 is 0. The van der Waals surface area contributed by atoms with Gasteiger partial charge in [-0.2, -0.15) is 5.10 Å². The van der Waals surface area contributed by atoms with Gasteiger partial charge in [-0.3, -0.25) is 4.79 Å². The van der Waals surface area contributed by atoms with E-state index in [9.17, 15) is 34.5 Å². The summed E-state index contributed by atoms with van der Waals surface area (Å²) in [5.74, 6) is 0.0906. The standard InChI is InChI=1S/C47H48N6O9/c1-5-30-32-19-29(13-14-37(32)48-41-34(30)23-52-38(41)21-36-35(43(52)56)24-61-44(57)47(36,60)6-2)62-46(59)51-17-15-27(16-18-51)8-7-26-9-11-28(12-10-26)53-42(49-50-45(53)58)33-20-31(25(3)4)39(54)22-40(33)55/h9-14,19-22,25,27,54-55,60H,5-8,15-18,23-24H2,1-4H3,(H,50,58)/t47-/m0/s1. The van der Waals surface area contributed by atoms with Crippen molar-refractivity contribution >= 4 is 23.0 Å². The van der Waals surface area contributed by atoms with E-state index in [4.69, 9.17) is 14.5 Å². The van der Waals surface area contributed by atoms with Crippen molar-refractivity contribution in [3.8, 4) is 45.7 Å². The number of aromatic hydroxyl groups is 2. The fourth-order valence-corrected chi connectivity index (χ4v) is 9.31. The summed E-state index contributed by atoms with van der Waals surface area (Å²) in [5, 5.41) is 39.7. The van der Waals surface area contributed by atoms with Crippen LogP contribution in [-0.4, -0.2) is 69.7 Å². The number of ether oxygens (including phenoxy) is 2. The average Bonchev–Trinajstić information content (AvgIpc) is 3.83. The molecule has 62 heavy (non-hydrogen) atoms. The smallest absolute Gasteiger partial charge is 0.415 e. The maximum atomic E-state index is 13.7. The zero-order chi connectivity index (χ0) is 43.6. The molecule has 9 rings (SSSR count). The summed E-state index contributed by atoms with van der Waals surface area (Å²) in [6, 6.07) is 17.7. The van der Waals surface area contributed by atoms with Crippen LogP contribution in [0.1, 0.15) is 92.7 Å². The SMILES string of the molecule is CCc1c2c(nc3ccc(OC(=O)N4CCC(CCc5ccc(-n6c(-c7cc(C(C)C)c(O)cc7O)n[nH]c6=O)cc5)CC4)cc13)-c1cc3c(c(=O)n1C2)COC(=O)[C@]3(O)CC. The number of amides is 1. The third-order valence-electron chi connectivity index (χ3n) is 12.9. The molecule has 6 aromatic rings. The largest absolute Gasteiger partial charge is 0.508 e. The molecule has 15 heteroatoms. The van der Waals surface area contributed by atoms with E-state index in [2.05, 4.69) is 10.2 Å². The lowest BCUT2D eigenvalue weighted by Crippen LogP contribution is -2.44. The average molecular weight is 841 g/mol. The molecule has 0 radical (unpaired) electrons. The second-order valence-electron chi connectivity index (χ2n) is 16.8. The molecule has 1 saturated heterocycles. The lowest BCUT2D eigenvalue weighted by molar-refractivity contribution is -0.172. The minimum atomic E-state index is -1.90. The van der Waals surface area contributed by atoms with E-state index in [1.807, 2.05) is 57.2 Å². The molecule has 0 spiro atoms. The number of fused-ring (bicyclic) bond motifs is 5. The van der Waals surface area contributed by atoms with Gasteiger partial charge in [0.25, 0.3) is 5.56 Å². The first-order valence-corrected chi connectivity index (χ1v) is 21.2.